The van der Waals surface area contributed by atoms with Crippen LogP contribution in [0.3, 0.4) is 0 Å². The van der Waals surface area contributed by atoms with Gasteiger partial charge in [-0.2, -0.15) is 0 Å². The minimum atomic E-state index is -0.785. The third-order valence-corrected chi connectivity index (χ3v) is 4.03. The van der Waals surface area contributed by atoms with Crippen molar-refractivity contribution >= 4 is 23.5 Å². The number of benzene rings is 1. The number of halogens is 2. The molecule has 0 fully saturated rings. The Balaban J connectivity index is 2.32. The predicted molar refractivity (Wildman–Crippen MR) is 87.1 cm³/mol. The second-order valence-corrected chi connectivity index (χ2v) is 5.72. The standard InChI is InChI=1S/C17H19ClFNO4/c1-3-23-7-8-24-17(22)15-10(2)20-14(21)9-11(15)16-12(18)5-4-6-13(16)19/h4-6,11H,3,7-9H2,1-2H3,(H,20,21)/t11-/m1/s1. The van der Waals surface area contributed by atoms with E-state index >= 15 is 0 Å². The second-order valence-electron chi connectivity index (χ2n) is 5.31. The molecule has 1 heterocycles. The summed E-state index contributed by atoms with van der Waals surface area (Å²) in [6.45, 7) is 4.28. The molecule has 1 amide bonds. The van der Waals surface area contributed by atoms with Gasteiger partial charge in [0.1, 0.15) is 12.4 Å². The van der Waals surface area contributed by atoms with Crippen LogP contribution in [0.15, 0.2) is 29.5 Å². The average molecular weight is 356 g/mol. The molecule has 0 saturated carbocycles. The van der Waals surface area contributed by atoms with E-state index in [-0.39, 0.29) is 41.7 Å². The van der Waals surface area contributed by atoms with Crippen LogP contribution in [0.1, 0.15) is 31.7 Å². The number of esters is 1. The number of carbonyl (C=O) groups is 2. The first-order valence-corrected chi connectivity index (χ1v) is 8.02. The number of carbonyl (C=O) groups excluding carboxylic acids is 2. The van der Waals surface area contributed by atoms with Crippen molar-refractivity contribution in [2.45, 2.75) is 26.2 Å². The maximum absolute atomic E-state index is 14.3. The molecular weight excluding hydrogens is 337 g/mol. The molecule has 0 saturated heterocycles. The van der Waals surface area contributed by atoms with Crippen LogP contribution in [0.25, 0.3) is 0 Å². The Hall–Kier alpha value is -1.92. The van der Waals surface area contributed by atoms with E-state index in [2.05, 4.69) is 5.32 Å². The van der Waals surface area contributed by atoms with Crippen molar-refractivity contribution in [1.82, 2.24) is 5.32 Å². The van der Waals surface area contributed by atoms with E-state index in [0.29, 0.717) is 12.3 Å². The monoisotopic (exact) mass is 355 g/mol. The molecule has 7 heteroatoms. The Kier molecular flexibility index (Phi) is 6.34. The zero-order valence-electron chi connectivity index (χ0n) is 13.5. The molecule has 1 aliphatic heterocycles. The van der Waals surface area contributed by atoms with Gasteiger partial charge in [-0.15, -0.1) is 0 Å². The van der Waals surface area contributed by atoms with Crippen LogP contribution in [-0.2, 0) is 19.1 Å². The molecule has 2 rings (SSSR count). The highest BCUT2D eigenvalue weighted by atomic mass is 35.5. The molecule has 5 nitrogen and oxygen atoms in total. The molecule has 0 spiro atoms. The number of allylic oxidation sites excluding steroid dienone is 1. The van der Waals surface area contributed by atoms with Crippen molar-refractivity contribution in [2.75, 3.05) is 19.8 Å². The summed E-state index contributed by atoms with van der Waals surface area (Å²) < 4.78 is 24.6. The number of ether oxygens (including phenoxy) is 2. The lowest BCUT2D eigenvalue weighted by molar-refractivity contribution is -0.141. The fraction of sp³-hybridized carbons (Fsp3) is 0.412. The summed E-state index contributed by atoms with van der Waals surface area (Å²) >= 11 is 6.11. The van der Waals surface area contributed by atoms with Crippen molar-refractivity contribution < 1.29 is 23.5 Å². The van der Waals surface area contributed by atoms with Gasteiger partial charge >= 0.3 is 5.97 Å². The van der Waals surface area contributed by atoms with E-state index < -0.39 is 17.7 Å². The molecule has 1 aromatic rings. The molecule has 0 aromatic heterocycles. The summed E-state index contributed by atoms with van der Waals surface area (Å²) in [6.07, 6.45) is -0.0755. The molecule has 0 aliphatic carbocycles. The Morgan fingerprint density at radius 1 is 1.42 bits per heavy atom. The van der Waals surface area contributed by atoms with Gasteiger partial charge in [0.2, 0.25) is 5.91 Å². The highest BCUT2D eigenvalue weighted by molar-refractivity contribution is 6.31. The van der Waals surface area contributed by atoms with Gasteiger partial charge in [0.05, 0.1) is 12.2 Å². The number of hydrogen-bond acceptors (Lipinski definition) is 4. The summed E-state index contributed by atoms with van der Waals surface area (Å²) in [5.41, 5.74) is 0.681. The third-order valence-electron chi connectivity index (χ3n) is 3.70. The highest BCUT2D eigenvalue weighted by Crippen LogP contribution is 2.38. The highest BCUT2D eigenvalue weighted by Gasteiger charge is 2.35. The number of amides is 1. The van der Waals surface area contributed by atoms with Crippen LogP contribution >= 0.6 is 11.6 Å². The van der Waals surface area contributed by atoms with Gasteiger partial charge in [-0.1, -0.05) is 17.7 Å². The molecule has 24 heavy (non-hydrogen) atoms. The number of hydrogen-bond donors (Lipinski definition) is 1. The van der Waals surface area contributed by atoms with E-state index in [4.69, 9.17) is 21.1 Å². The van der Waals surface area contributed by atoms with Crippen LogP contribution < -0.4 is 5.32 Å². The summed E-state index contributed by atoms with van der Waals surface area (Å²) in [4.78, 5) is 24.3. The lowest BCUT2D eigenvalue weighted by Gasteiger charge is -2.27. The Bertz CT molecular complexity index is 654. The van der Waals surface area contributed by atoms with E-state index in [1.165, 1.54) is 18.2 Å². The largest absolute Gasteiger partial charge is 0.460 e. The fourth-order valence-electron chi connectivity index (χ4n) is 2.68. The average Bonchev–Trinajstić information content (AvgIpc) is 2.50. The molecule has 1 aliphatic rings. The topological polar surface area (TPSA) is 64.6 Å². The van der Waals surface area contributed by atoms with Crippen LogP contribution in [-0.4, -0.2) is 31.7 Å². The normalized spacial score (nSPS) is 17.7. The predicted octanol–water partition coefficient (Wildman–Crippen LogP) is 2.94. The van der Waals surface area contributed by atoms with Gasteiger partial charge in [0.25, 0.3) is 0 Å². The zero-order valence-corrected chi connectivity index (χ0v) is 14.3. The molecule has 1 N–H and O–H groups in total. The van der Waals surface area contributed by atoms with E-state index in [9.17, 15) is 14.0 Å². The Morgan fingerprint density at radius 3 is 2.83 bits per heavy atom. The van der Waals surface area contributed by atoms with Gasteiger partial charge in [-0.05, 0) is 26.0 Å². The van der Waals surface area contributed by atoms with Crippen LogP contribution in [0.5, 0.6) is 0 Å². The van der Waals surface area contributed by atoms with E-state index in [1.54, 1.807) is 6.92 Å². The zero-order chi connectivity index (χ0) is 17.7. The maximum Gasteiger partial charge on any atom is 0.336 e. The minimum absolute atomic E-state index is 0.0755. The SMILES string of the molecule is CCOCCOC(=O)C1=C(C)NC(=O)C[C@H]1c1c(F)cccc1Cl. The van der Waals surface area contributed by atoms with E-state index in [1.807, 2.05) is 6.92 Å². The van der Waals surface area contributed by atoms with Crippen LogP contribution in [0, 0.1) is 5.82 Å². The van der Waals surface area contributed by atoms with Crippen LogP contribution in [0.2, 0.25) is 5.02 Å². The first-order valence-electron chi connectivity index (χ1n) is 7.65. The molecular formula is C17H19ClFNO4. The smallest absolute Gasteiger partial charge is 0.336 e. The van der Waals surface area contributed by atoms with Gasteiger partial charge in [-0.3, -0.25) is 4.79 Å². The minimum Gasteiger partial charge on any atom is -0.460 e. The van der Waals surface area contributed by atoms with Crippen molar-refractivity contribution in [2.24, 2.45) is 0 Å². The molecule has 1 aromatic carbocycles. The third kappa shape index (κ3) is 4.13. The van der Waals surface area contributed by atoms with Crippen molar-refractivity contribution in [3.05, 3.63) is 45.9 Å². The Labute approximate surface area is 144 Å². The lowest BCUT2D eigenvalue weighted by Crippen LogP contribution is -2.34. The number of rotatable bonds is 6. The summed E-state index contributed by atoms with van der Waals surface area (Å²) in [5, 5.41) is 2.76. The molecule has 0 unspecified atom stereocenters. The molecule has 130 valence electrons. The van der Waals surface area contributed by atoms with Gasteiger partial charge in [0.15, 0.2) is 0 Å². The summed E-state index contributed by atoms with van der Waals surface area (Å²) in [6, 6.07) is 4.25. The first-order chi connectivity index (χ1) is 11.5. The van der Waals surface area contributed by atoms with Crippen molar-refractivity contribution in [3.8, 4) is 0 Å². The van der Waals surface area contributed by atoms with Crippen molar-refractivity contribution in [3.63, 3.8) is 0 Å². The second kappa shape index (κ2) is 8.26. The lowest BCUT2D eigenvalue weighted by atomic mass is 9.84. The number of nitrogens with one attached hydrogen (secondary N) is 1. The summed E-state index contributed by atoms with van der Waals surface area (Å²) in [5.74, 6) is -2.26. The van der Waals surface area contributed by atoms with Gasteiger partial charge < -0.3 is 14.8 Å². The fourth-order valence-corrected chi connectivity index (χ4v) is 2.97. The molecule has 0 bridgehead atoms. The summed E-state index contributed by atoms with van der Waals surface area (Å²) in [7, 11) is 0. The molecule has 0 radical (unpaired) electrons. The van der Waals surface area contributed by atoms with Gasteiger partial charge in [0, 0.05) is 35.2 Å². The quantitative estimate of drug-likeness (QED) is 0.629. The van der Waals surface area contributed by atoms with Crippen LogP contribution in [0.4, 0.5) is 4.39 Å². The van der Waals surface area contributed by atoms with Gasteiger partial charge in [-0.25, -0.2) is 9.18 Å². The van der Waals surface area contributed by atoms with Crippen molar-refractivity contribution in [1.29, 1.82) is 0 Å². The molecule has 1 atom stereocenters. The first kappa shape index (κ1) is 18.4. The Morgan fingerprint density at radius 2 is 2.17 bits per heavy atom. The maximum atomic E-state index is 14.3. The van der Waals surface area contributed by atoms with E-state index in [0.717, 1.165) is 0 Å².